The molecule has 1 aromatic heterocycles. The first-order chi connectivity index (χ1) is 15.9. The maximum Gasteiger partial charge on any atom is 0.253 e. The Balaban J connectivity index is 0.00000324. The first-order valence-corrected chi connectivity index (χ1v) is 12.1. The van der Waals surface area contributed by atoms with Gasteiger partial charge in [0.1, 0.15) is 0 Å². The number of nitrogens with one attached hydrogen (secondary N) is 1. The van der Waals surface area contributed by atoms with Crippen LogP contribution in [-0.4, -0.2) is 54.6 Å². The molecule has 4 rings (SSSR count). The van der Waals surface area contributed by atoms with Crippen molar-refractivity contribution in [2.45, 2.75) is 13.3 Å². The molecule has 1 aliphatic heterocycles. The van der Waals surface area contributed by atoms with E-state index in [0.29, 0.717) is 16.6 Å². The van der Waals surface area contributed by atoms with Crippen molar-refractivity contribution in [3.05, 3.63) is 75.9 Å². The molecule has 8 heteroatoms. The summed E-state index contributed by atoms with van der Waals surface area (Å²) in [6.45, 7) is 7.53. The van der Waals surface area contributed by atoms with E-state index >= 15 is 0 Å². The molecule has 1 saturated heterocycles. The summed E-state index contributed by atoms with van der Waals surface area (Å²) in [5.41, 5.74) is 5.00. The molecule has 0 radical (unpaired) electrons. The Bertz CT molecular complexity index is 1110. The second-order valence-corrected chi connectivity index (χ2v) is 9.30. The van der Waals surface area contributed by atoms with Crippen molar-refractivity contribution in [2.24, 2.45) is 7.05 Å². The molecule has 0 aliphatic carbocycles. The van der Waals surface area contributed by atoms with Crippen LogP contribution in [0.25, 0.3) is 11.3 Å². The number of nitrogens with zero attached hydrogens (tertiary/aromatic N) is 3. The summed E-state index contributed by atoms with van der Waals surface area (Å²) in [5, 5.41) is 4.28. The third kappa shape index (κ3) is 6.08. The fourth-order valence-electron chi connectivity index (χ4n) is 4.33. The Morgan fingerprint density at radius 1 is 0.971 bits per heavy atom. The number of benzene rings is 2. The highest BCUT2D eigenvalue weighted by Gasteiger charge is 2.19. The molecule has 0 unspecified atom stereocenters. The minimum Gasteiger partial charge on any atom is -0.369 e. The van der Waals surface area contributed by atoms with Crippen molar-refractivity contribution >= 4 is 47.2 Å². The molecule has 1 N–H and O–H groups in total. The van der Waals surface area contributed by atoms with Crippen LogP contribution in [0, 0.1) is 6.92 Å². The number of carbonyl (C=O) groups excluding carboxylic acids is 1. The zero-order valence-electron chi connectivity index (χ0n) is 19.6. The summed E-state index contributed by atoms with van der Waals surface area (Å²) in [6, 6.07) is 18.0. The van der Waals surface area contributed by atoms with Crippen LogP contribution in [0.1, 0.15) is 22.5 Å². The molecule has 1 fully saturated rings. The van der Waals surface area contributed by atoms with Crippen LogP contribution >= 0.6 is 35.6 Å². The van der Waals surface area contributed by atoms with Crippen molar-refractivity contribution in [2.75, 3.05) is 44.2 Å². The summed E-state index contributed by atoms with van der Waals surface area (Å²) in [5.74, 6) is -0.00489. The first-order valence-electron chi connectivity index (χ1n) is 11.4. The predicted octanol–water partition coefficient (Wildman–Crippen LogP) is 5.67. The topological polar surface area (TPSA) is 40.5 Å². The van der Waals surface area contributed by atoms with Crippen molar-refractivity contribution in [3.8, 4) is 11.3 Å². The SMILES string of the molecule is Cc1c(C(=O)NCCCN2CCN(c3ccc(Cl)c(Cl)c3)CC2)cc(-c2ccccc2)n1C.Cl. The van der Waals surface area contributed by atoms with Crippen LogP contribution in [0.2, 0.25) is 10.0 Å². The molecule has 2 aromatic carbocycles. The molecular formula is C26H31Cl3N4O. The Kier molecular flexibility index (Phi) is 9.31. The maximum absolute atomic E-state index is 12.8. The minimum atomic E-state index is -0.00489. The summed E-state index contributed by atoms with van der Waals surface area (Å²) >= 11 is 12.2. The maximum atomic E-state index is 12.8. The lowest BCUT2D eigenvalue weighted by Crippen LogP contribution is -2.47. The zero-order valence-corrected chi connectivity index (χ0v) is 21.9. The normalized spacial score (nSPS) is 14.1. The smallest absolute Gasteiger partial charge is 0.253 e. The van der Waals surface area contributed by atoms with Crippen LogP contribution < -0.4 is 10.2 Å². The van der Waals surface area contributed by atoms with E-state index in [1.54, 1.807) is 0 Å². The largest absolute Gasteiger partial charge is 0.369 e. The number of carbonyl (C=O) groups is 1. The molecule has 5 nitrogen and oxygen atoms in total. The summed E-state index contributed by atoms with van der Waals surface area (Å²) in [7, 11) is 2.01. The molecule has 0 bridgehead atoms. The van der Waals surface area contributed by atoms with E-state index in [1.807, 2.05) is 56.4 Å². The number of aromatic nitrogens is 1. The van der Waals surface area contributed by atoms with Crippen LogP contribution in [0.3, 0.4) is 0 Å². The van der Waals surface area contributed by atoms with E-state index in [-0.39, 0.29) is 18.3 Å². The van der Waals surface area contributed by atoms with Gasteiger partial charge in [0.25, 0.3) is 5.91 Å². The third-order valence-electron chi connectivity index (χ3n) is 6.43. The van der Waals surface area contributed by atoms with Gasteiger partial charge in [-0.3, -0.25) is 9.69 Å². The predicted molar refractivity (Wildman–Crippen MR) is 145 cm³/mol. The molecule has 3 aromatic rings. The number of anilines is 1. The number of amides is 1. The van der Waals surface area contributed by atoms with Gasteiger partial charge >= 0.3 is 0 Å². The van der Waals surface area contributed by atoms with Gasteiger partial charge < -0.3 is 14.8 Å². The van der Waals surface area contributed by atoms with Gasteiger partial charge in [-0.05, 0) is 49.7 Å². The van der Waals surface area contributed by atoms with E-state index < -0.39 is 0 Å². The molecule has 1 aliphatic rings. The van der Waals surface area contributed by atoms with E-state index in [1.165, 1.54) is 0 Å². The Morgan fingerprint density at radius 2 is 1.68 bits per heavy atom. The van der Waals surface area contributed by atoms with Crippen LogP contribution in [-0.2, 0) is 7.05 Å². The van der Waals surface area contributed by atoms with Gasteiger partial charge in [-0.2, -0.15) is 0 Å². The molecule has 182 valence electrons. The third-order valence-corrected chi connectivity index (χ3v) is 7.17. The second-order valence-electron chi connectivity index (χ2n) is 8.49. The Labute approximate surface area is 218 Å². The van der Waals surface area contributed by atoms with E-state index in [4.69, 9.17) is 23.2 Å². The fraction of sp³-hybridized carbons (Fsp3) is 0.346. The molecule has 0 spiro atoms. The summed E-state index contributed by atoms with van der Waals surface area (Å²) < 4.78 is 2.08. The fourth-order valence-corrected chi connectivity index (χ4v) is 4.62. The molecule has 0 atom stereocenters. The van der Waals surface area contributed by atoms with Gasteiger partial charge in [0.2, 0.25) is 0 Å². The standard InChI is InChI=1S/C26H30Cl2N4O.ClH/c1-19-22(18-25(30(19)2)20-7-4-3-5-8-20)26(33)29-11-6-12-31-13-15-32(16-14-31)21-9-10-23(27)24(28)17-21;/h3-5,7-10,17-18H,6,11-16H2,1-2H3,(H,29,33);1H. The van der Waals surface area contributed by atoms with Gasteiger partial charge in [0.15, 0.2) is 0 Å². The molecule has 34 heavy (non-hydrogen) atoms. The Hall–Kier alpha value is -2.18. The second kappa shape index (κ2) is 12.0. The van der Waals surface area contributed by atoms with Crippen LogP contribution in [0.4, 0.5) is 5.69 Å². The number of piperazine rings is 1. The number of hydrogen-bond acceptors (Lipinski definition) is 3. The van der Waals surface area contributed by atoms with Crippen LogP contribution in [0.15, 0.2) is 54.6 Å². The van der Waals surface area contributed by atoms with Gasteiger partial charge in [-0.1, -0.05) is 53.5 Å². The van der Waals surface area contributed by atoms with Gasteiger partial charge in [-0.25, -0.2) is 0 Å². The van der Waals surface area contributed by atoms with Crippen molar-refractivity contribution in [1.82, 2.24) is 14.8 Å². The lowest BCUT2D eigenvalue weighted by Gasteiger charge is -2.36. The molecule has 1 amide bonds. The van der Waals surface area contributed by atoms with Gasteiger partial charge in [0.05, 0.1) is 15.6 Å². The van der Waals surface area contributed by atoms with E-state index in [2.05, 4.69) is 31.8 Å². The lowest BCUT2D eigenvalue weighted by molar-refractivity contribution is 0.0951. The zero-order chi connectivity index (χ0) is 23.4. The molecular weight excluding hydrogens is 491 g/mol. The number of halogens is 3. The van der Waals surface area contributed by atoms with E-state index in [9.17, 15) is 4.79 Å². The van der Waals surface area contributed by atoms with Gasteiger partial charge in [-0.15, -0.1) is 12.4 Å². The monoisotopic (exact) mass is 520 g/mol. The van der Waals surface area contributed by atoms with Crippen molar-refractivity contribution in [1.29, 1.82) is 0 Å². The van der Waals surface area contributed by atoms with Crippen molar-refractivity contribution in [3.63, 3.8) is 0 Å². The minimum absolute atomic E-state index is 0. The Morgan fingerprint density at radius 3 is 2.35 bits per heavy atom. The van der Waals surface area contributed by atoms with E-state index in [0.717, 1.165) is 67.3 Å². The average Bonchev–Trinajstić information content (AvgIpc) is 3.14. The highest BCUT2D eigenvalue weighted by Crippen LogP contribution is 2.28. The lowest BCUT2D eigenvalue weighted by atomic mass is 10.1. The number of hydrogen-bond donors (Lipinski definition) is 1. The van der Waals surface area contributed by atoms with Crippen molar-refractivity contribution < 1.29 is 4.79 Å². The van der Waals surface area contributed by atoms with Crippen LogP contribution in [0.5, 0.6) is 0 Å². The number of rotatable bonds is 7. The summed E-state index contributed by atoms with van der Waals surface area (Å²) in [6.07, 6.45) is 0.927. The molecule has 2 heterocycles. The highest BCUT2D eigenvalue weighted by atomic mass is 35.5. The quantitative estimate of drug-likeness (QED) is 0.407. The molecule has 0 saturated carbocycles. The highest BCUT2D eigenvalue weighted by molar-refractivity contribution is 6.42. The average molecular weight is 522 g/mol. The summed E-state index contributed by atoms with van der Waals surface area (Å²) in [4.78, 5) is 17.6. The first kappa shape index (κ1) is 26.4. The van der Waals surface area contributed by atoms with Gasteiger partial charge in [0, 0.05) is 56.8 Å².